The van der Waals surface area contributed by atoms with Crippen LogP contribution in [-0.4, -0.2) is 9.55 Å². The fraction of sp³-hybridized carbons (Fsp3) is 0.533. The monoisotopic (exact) mass is 277 g/mol. The van der Waals surface area contributed by atoms with E-state index in [0.717, 1.165) is 17.0 Å². The Bertz CT molecular complexity index is 605. The molecule has 0 amide bonds. The van der Waals surface area contributed by atoms with E-state index in [0.29, 0.717) is 22.9 Å². The Kier molecular flexibility index (Phi) is 3.17. The summed E-state index contributed by atoms with van der Waals surface area (Å²) in [6.07, 6.45) is 3.77. The number of halogens is 1. The number of nitrogen functional groups attached to an aromatic ring is 1. The molecule has 0 saturated heterocycles. The maximum atomic E-state index is 6.15. The van der Waals surface area contributed by atoms with Crippen molar-refractivity contribution in [3.63, 3.8) is 0 Å². The average molecular weight is 278 g/mol. The zero-order valence-corrected chi connectivity index (χ0v) is 12.2. The van der Waals surface area contributed by atoms with Gasteiger partial charge >= 0.3 is 0 Å². The van der Waals surface area contributed by atoms with E-state index in [9.17, 15) is 0 Å². The predicted octanol–water partition coefficient (Wildman–Crippen LogP) is 4.27. The van der Waals surface area contributed by atoms with Crippen molar-refractivity contribution in [2.24, 2.45) is 11.8 Å². The lowest BCUT2D eigenvalue weighted by Crippen LogP contribution is -2.27. The van der Waals surface area contributed by atoms with E-state index in [-0.39, 0.29) is 0 Å². The van der Waals surface area contributed by atoms with Gasteiger partial charge < -0.3 is 10.3 Å². The van der Waals surface area contributed by atoms with E-state index >= 15 is 0 Å². The molecule has 3 rings (SSSR count). The van der Waals surface area contributed by atoms with Crippen molar-refractivity contribution in [2.45, 2.75) is 39.2 Å². The standard InChI is InChI=1S/C15H20ClN3/c1-9-4-3-5-13(10(9)2)19-14-7-6-11(16)8-12(14)18-15(19)17/h6-10,13H,3-5H2,1-2H3,(H2,17,18). The van der Waals surface area contributed by atoms with Crippen LogP contribution in [-0.2, 0) is 0 Å². The van der Waals surface area contributed by atoms with Gasteiger partial charge in [0.05, 0.1) is 11.0 Å². The van der Waals surface area contributed by atoms with Crippen LogP contribution < -0.4 is 5.73 Å². The largest absolute Gasteiger partial charge is 0.369 e. The highest BCUT2D eigenvalue weighted by atomic mass is 35.5. The summed E-state index contributed by atoms with van der Waals surface area (Å²) in [5, 5.41) is 0.710. The average Bonchev–Trinajstić information content (AvgIpc) is 2.68. The lowest BCUT2D eigenvalue weighted by atomic mass is 9.78. The van der Waals surface area contributed by atoms with E-state index in [4.69, 9.17) is 17.3 Å². The molecule has 3 atom stereocenters. The minimum atomic E-state index is 0.454. The highest BCUT2D eigenvalue weighted by Gasteiger charge is 2.30. The van der Waals surface area contributed by atoms with Gasteiger partial charge in [-0.15, -0.1) is 0 Å². The molecule has 1 aliphatic rings. The van der Waals surface area contributed by atoms with Crippen LogP contribution >= 0.6 is 11.6 Å². The van der Waals surface area contributed by atoms with Crippen molar-refractivity contribution in [3.8, 4) is 0 Å². The highest BCUT2D eigenvalue weighted by Crippen LogP contribution is 2.40. The number of fused-ring (bicyclic) bond motifs is 1. The number of anilines is 1. The third kappa shape index (κ3) is 2.10. The Hall–Kier alpha value is -1.22. The van der Waals surface area contributed by atoms with Gasteiger partial charge in [-0.2, -0.15) is 0 Å². The molecule has 0 spiro atoms. The van der Waals surface area contributed by atoms with Crippen molar-refractivity contribution in [1.29, 1.82) is 0 Å². The second-order valence-electron chi connectivity index (χ2n) is 5.81. The molecular formula is C15H20ClN3. The first-order valence-corrected chi connectivity index (χ1v) is 7.38. The van der Waals surface area contributed by atoms with Gasteiger partial charge in [-0.3, -0.25) is 0 Å². The van der Waals surface area contributed by atoms with Gasteiger partial charge in [0.2, 0.25) is 5.95 Å². The van der Waals surface area contributed by atoms with Crippen molar-refractivity contribution < 1.29 is 0 Å². The maximum absolute atomic E-state index is 6.15. The van der Waals surface area contributed by atoms with Gasteiger partial charge in [0, 0.05) is 11.1 Å². The molecule has 1 fully saturated rings. The van der Waals surface area contributed by atoms with Crippen LogP contribution in [0.5, 0.6) is 0 Å². The SMILES string of the molecule is CC1CCCC(n2c(N)nc3cc(Cl)ccc32)C1C. The lowest BCUT2D eigenvalue weighted by Gasteiger charge is -2.35. The molecule has 1 aromatic heterocycles. The summed E-state index contributed by atoms with van der Waals surface area (Å²) in [5.41, 5.74) is 8.15. The van der Waals surface area contributed by atoms with E-state index < -0.39 is 0 Å². The first kappa shape index (κ1) is 12.8. The van der Waals surface area contributed by atoms with E-state index in [1.165, 1.54) is 19.3 Å². The van der Waals surface area contributed by atoms with Gasteiger partial charge in [0.25, 0.3) is 0 Å². The first-order chi connectivity index (χ1) is 9.08. The van der Waals surface area contributed by atoms with Gasteiger partial charge in [-0.1, -0.05) is 38.3 Å². The number of nitrogens with zero attached hydrogens (tertiary/aromatic N) is 2. The second-order valence-corrected chi connectivity index (χ2v) is 6.24. The van der Waals surface area contributed by atoms with Crippen molar-refractivity contribution in [3.05, 3.63) is 23.2 Å². The van der Waals surface area contributed by atoms with Gasteiger partial charge in [0.1, 0.15) is 0 Å². The second kappa shape index (κ2) is 4.71. The van der Waals surface area contributed by atoms with Crippen molar-refractivity contribution in [1.82, 2.24) is 9.55 Å². The molecule has 2 N–H and O–H groups in total. The Morgan fingerprint density at radius 3 is 2.89 bits per heavy atom. The summed E-state index contributed by atoms with van der Waals surface area (Å²) >= 11 is 6.03. The fourth-order valence-electron chi connectivity index (χ4n) is 3.36. The zero-order valence-electron chi connectivity index (χ0n) is 11.4. The molecule has 19 heavy (non-hydrogen) atoms. The lowest BCUT2D eigenvalue weighted by molar-refractivity contribution is 0.191. The van der Waals surface area contributed by atoms with Crippen molar-refractivity contribution >= 4 is 28.6 Å². The summed E-state index contributed by atoms with van der Waals surface area (Å²) in [4.78, 5) is 4.46. The highest BCUT2D eigenvalue weighted by molar-refractivity contribution is 6.31. The van der Waals surface area contributed by atoms with Gasteiger partial charge in [-0.25, -0.2) is 4.98 Å². The summed E-state index contributed by atoms with van der Waals surface area (Å²) < 4.78 is 2.21. The quantitative estimate of drug-likeness (QED) is 0.846. The van der Waals surface area contributed by atoms with Crippen LogP contribution in [0.2, 0.25) is 5.02 Å². The molecule has 1 saturated carbocycles. The van der Waals surface area contributed by atoms with Crippen LogP contribution in [0.3, 0.4) is 0 Å². The summed E-state index contributed by atoms with van der Waals surface area (Å²) in [6.45, 7) is 4.67. The summed E-state index contributed by atoms with van der Waals surface area (Å²) in [7, 11) is 0. The van der Waals surface area contributed by atoms with Gasteiger partial charge in [0.15, 0.2) is 0 Å². The van der Waals surface area contributed by atoms with Crippen LogP contribution in [0.25, 0.3) is 11.0 Å². The molecule has 1 aromatic carbocycles. The Balaban J connectivity index is 2.11. The minimum Gasteiger partial charge on any atom is -0.369 e. The molecule has 0 bridgehead atoms. The summed E-state index contributed by atoms with van der Waals surface area (Å²) in [5.74, 6) is 1.98. The number of rotatable bonds is 1. The third-order valence-electron chi connectivity index (χ3n) is 4.67. The van der Waals surface area contributed by atoms with Crippen LogP contribution in [0, 0.1) is 11.8 Å². The molecule has 0 aliphatic heterocycles. The topological polar surface area (TPSA) is 43.8 Å². The van der Waals surface area contributed by atoms with Crippen LogP contribution in [0.1, 0.15) is 39.2 Å². The smallest absolute Gasteiger partial charge is 0.201 e. The zero-order chi connectivity index (χ0) is 13.6. The number of hydrogen-bond acceptors (Lipinski definition) is 2. The Morgan fingerprint density at radius 1 is 1.32 bits per heavy atom. The molecule has 3 nitrogen and oxygen atoms in total. The Morgan fingerprint density at radius 2 is 2.11 bits per heavy atom. The number of imidazole rings is 1. The minimum absolute atomic E-state index is 0.454. The molecule has 3 unspecified atom stereocenters. The van der Waals surface area contributed by atoms with Crippen LogP contribution in [0.15, 0.2) is 18.2 Å². The van der Waals surface area contributed by atoms with E-state index in [2.05, 4.69) is 23.4 Å². The Labute approximate surface area is 118 Å². The number of hydrogen-bond donors (Lipinski definition) is 1. The summed E-state index contributed by atoms with van der Waals surface area (Å²) in [6, 6.07) is 6.29. The van der Waals surface area contributed by atoms with Gasteiger partial charge in [-0.05, 0) is 36.5 Å². The predicted molar refractivity (Wildman–Crippen MR) is 80.4 cm³/mol. The normalized spacial score (nSPS) is 27.8. The number of aromatic nitrogens is 2. The first-order valence-electron chi connectivity index (χ1n) is 7.01. The number of nitrogens with two attached hydrogens (primary N) is 1. The molecular weight excluding hydrogens is 258 g/mol. The molecule has 2 aromatic rings. The van der Waals surface area contributed by atoms with Crippen molar-refractivity contribution in [2.75, 3.05) is 5.73 Å². The molecule has 102 valence electrons. The van der Waals surface area contributed by atoms with Crippen LogP contribution in [0.4, 0.5) is 5.95 Å². The molecule has 0 radical (unpaired) electrons. The van der Waals surface area contributed by atoms with E-state index in [1.807, 2.05) is 18.2 Å². The molecule has 4 heteroatoms. The maximum Gasteiger partial charge on any atom is 0.201 e. The van der Waals surface area contributed by atoms with E-state index in [1.54, 1.807) is 0 Å². The fourth-order valence-corrected chi connectivity index (χ4v) is 3.52. The molecule has 1 aliphatic carbocycles. The third-order valence-corrected chi connectivity index (χ3v) is 4.91. The molecule has 1 heterocycles. The number of benzene rings is 1.